The molecule has 0 bridgehead atoms. The van der Waals surface area contributed by atoms with E-state index in [4.69, 9.17) is 16.3 Å². The summed E-state index contributed by atoms with van der Waals surface area (Å²) in [7, 11) is 1.73. The van der Waals surface area contributed by atoms with E-state index >= 15 is 0 Å². The first-order valence-electron chi connectivity index (χ1n) is 7.67. The summed E-state index contributed by atoms with van der Waals surface area (Å²) < 4.78 is 5.20. The monoisotopic (exact) mass is 313 g/mol. The van der Waals surface area contributed by atoms with E-state index < -0.39 is 0 Å². The van der Waals surface area contributed by atoms with Gasteiger partial charge >= 0.3 is 0 Å². The van der Waals surface area contributed by atoms with E-state index in [1.54, 1.807) is 13.3 Å². The first-order valence-corrected chi connectivity index (χ1v) is 8.05. The van der Waals surface area contributed by atoms with Gasteiger partial charge in [-0.3, -0.25) is 0 Å². The fraction of sp³-hybridized carbons (Fsp3) is 0.688. The molecule has 1 heterocycles. The molecule has 0 radical (unpaired) electrons. The number of pyridine rings is 1. The maximum Gasteiger partial charge on any atom is 0.128 e. The van der Waals surface area contributed by atoms with Gasteiger partial charge < -0.3 is 15.0 Å². The lowest BCUT2D eigenvalue weighted by Crippen LogP contribution is -2.31. The van der Waals surface area contributed by atoms with Crippen molar-refractivity contribution in [3.8, 4) is 0 Å². The fourth-order valence-corrected chi connectivity index (χ4v) is 2.29. The molecular formula is C16H28ClN3O. The van der Waals surface area contributed by atoms with E-state index in [2.05, 4.69) is 42.0 Å². The van der Waals surface area contributed by atoms with E-state index in [0.717, 1.165) is 49.0 Å². The Hall–Kier alpha value is -0.840. The Morgan fingerprint density at radius 1 is 1.43 bits per heavy atom. The van der Waals surface area contributed by atoms with Crippen LogP contribution in [0.4, 0.5) is 5.82 Å². The molecule has 0 unspecified atom stereocenters. The van der Waals surface area contributed by atoms with Gasteiger partial charge in [-0.25, -0.2) is 4.98 Å². The SMILES string of the molecule is CCCNCc1cc(N(CCOC)CC(C)C)ncc1Cl. The molecule has 0 atom stereocenters. The third-order valence-electron chi connectivity index (χ3n) is 3.14. The van der Waals surface area contributed by atoms with Crippen LogP contribution in [-0.4, -0.2) is 38.3 Å². The fourth-order valence-electron chi connectivity index (χ4n) is 2.12. The second kappa shape index (κ2) is 9.98. The lowest BCUT2D eigenvalue weighted by atomic mass is 10.2. The van der Waals surface area contributed by atoms with E-state index in [0.29, 0.717) is 12.5 Å². The van der Waals surface area contributed by atoms with Gasteiger partial charge in [-0.2, -0.15) is 0 Å². The molecular weight excluding hydrogens is 286 g/mol. The van der Waals surface area contributed by atoms with Crippen molar-refractivity contribution in [2.24, 2.45) is 5.92 Å². The molecule has 0 fully saturated rings. The Morgan fingerprint density at radius 2 is 2.19 bits per heavy atom. The van der Waals surface area contributed by atoms with Gasteiger partial charge in [0.2, 0.25) is 0 Å². The predicted molar refractivity (Wildman–Crippen MR) is 90.2 cm³/mol. The van der Waals surface area contributed by atoms with Crippen molar-refractivity contribution in [3.05, 3.63) is 22.8 Å². The van der Waals surface area contributed by atoms with Crippen LogP contribution in [0.15, 0.2) is 12.3 Å². The van der Waals surface area contributed by atoms with Crippen molar-refractivity contribution >= 4 is 17.4 Å². The second-order valence-electron chi connectivity index (χ2n) is 5.64. The summed E-state index contributed by atoms with van der Waals surface area (Å²) in [5, 5.41) is 4.11. The summed E-state index contributed by atoms with van der Waals surface area (Å²) in [5.74, 6) is 1.54. The number of aromatic nitrogens is 1. The highest BCUT2D eigenvalue weighted by Gasteiger charge is 2.12. The zero-order valence-corrected chi connectivity index (χ0v) is 14.4. The molecule has 120 valence electrons. The maximum atomic E-state index is 6.24. The number of nitrogens with one attached hydrogen (secondary N) is 1. The van der Waals surface area contributed by atoms with E-state index in [1.165, 1.54) is 0 Å². The van der Waals surface area contributed by atoms with Gasteiger partial charge in [0.1, 0.15) is 5.82 Å². The quantitative estimate of drug-likeness (QED) is 0.672. The van der Waals surface area contributed by atoms with Crippen LogP contribution in [0, 0.1) is 5.92 Å². The minimum atomic E-state index is 0.570. The Kier molecular flexibility index (Phi) is 8.66. The summed E-state index contributed by atoms with van der Waals surface area (Å²) in [4.78, 5) is 6.74. The first-order chi connectivity index (χ1) is 10.1. The third-order valence-corrected chi connectivity index (χ3v) is 3.48. The molecule has 0 aliphatic carbocycles. The molecule has 0 saturated heterocycles. The zero-order chi connectivity index (χ0) is 15.7. The molecule has 1 aromatic heterocycles. The second-order valence-corrected chi connectivity index (χ2v) is 6.05. The Morgan fingerprint density at radius 3 is 2.81 bits per heavy atom. The van der Waals surface area contributed by atoms with Gasteiger partial charge in [-0.05, 0) is 30.5 Å². The molecule has 1 aromatic rings. The minimum Gasteiger partial charge on any atom is -0.383 e. The van der Waals surface area contributed by atoms with Crippen LogP contribution in [0.1, 0.15) is 32.8 Å². The highest BCUT2D eigenvalue weighted by atomic mass is 35.5. The van der Waals surface area contributed by atoms with Crippen LogP contribution < -0.4 is 10.2 Å². The van der Waals surface area contributed by atoms with Crippen LogP contribution in [0.5, 0.6) is 0 Å². The van der Waals surface area contributed by atoms with Gasteiger partial charge in [0.25, 0.3) is 0 Å². The van der Waals surface area contributed by atoms with Crippen molar-refractivity contribution in [2.75, 3.05) is 38.3 Å². The number of ether oxygens (including phenoxy) is 1. The van der Waals surface area contributed by atoms with E-state index in [9.17, 15) is 0 Å². The molecule has 0 spiro atoms. The number of rotatable bonds is 10. The number of hydrogen-bond donors (Lipinski definition) is 1. The lowest BCUT2D eigenvalue weighted by Gasteiger charge is -2.26. The molecule has 5 heteroatoms. The molecule has 0 aliphatic heterocycles. The highest BCUT2D eigenvalue weighted by molar-refractivity contribution is 6.31. The van der Waals surface area contributed by atoms with Crippen LogP contribution in [0.2, 0.25) is 5.02 Å². The largest absolute Gasteiger partial charge is 0.383 e. The van der Waals surface area contributed by atoms with Crippen molar-refractivity contribution in [1.29, 1.82) is 0 Å². The average molecular weight is 314 g/mol. The molecule has 0 aromatic carbocycles. The summed E-state index contributed by atoms with van der Waals surface area (Å²) >= 11 is 6.24. The predicted octanol–water partition coefficient (Wildman–Crippen LogP) is 3.34. The Bertz CT molecular complexity index is 413. The Labute approximate surface area is 133 Å². The van der Waals surface area contributed by atoms with Gasteiger partial charge in [0, 0.05) is 32.9 Å². The summed E-state index contributed by atoms with van der Waals surface area (Å²) in [6.07, 6.45) is 2.86. The molecule has 21 heavy (non-hydrogen) atoms. The minimum absolute atomic E-state index is 0.570. The van der Waals surface area contributed by atoms with Crippen molar-refractivity contribution in [3.63, 3.8) is 0 Å². The van der Waals surface area contributed by atoms with E-state index in [-0.39, 0.29) is 0 Å². The zero-order valence-electron chi connectivity index (χ0n) is 13.7. The van der Waals surface area contributed by atoms with Gasteiger partial charge in [-0.1, -0.05) is 32.4 Å². The molecule has 0 amide bonds. The van der Waals surface area contributed by atoms with Crippen LogP contribution in [-0.2, 0) is 11.3 Å². The average Bonchev–Trinajstić information content (AvgIpc) is 2.45. The molecule has 0 saturated carbocycles. The van der Waals surface area contributed by atoms with Crippen LogP contribution >= 0.6 is 11.6 Å². The van der Waals surface area contributed by atoms with Gasteiger partial charge in [0.15, 0.2) is 0 Å². The van der Waals surface area contributed by atoms with Crippen molar-refractivity contribution in [1.82, 2.24) is 10.3 Å². The number of hydrogen-bond acceptors (Lipinski definition) is 4. The van der Waals surface area contributed by atoms with Crippen LogP contribution in [0.25, 0.3) is 0 Å². The third kappa shape index (κ3) is 6.64. The molecule has 1 N–H and O–H groups in total. The van der Waals surface area contributed by atoms with Gasteiger partial charge in [0.05, 0.1) is 11.6 Å². The number of anilines is 1. The van der Waals surface area contributed by atoms with Crippen LogP contribution in [0.3, 0.4) is 0 Å². The normalized spacial score (nSPS) is 11.1. The first kappa shape index (κ1) is 18.2. The van der Waals surface area contributed by atoms with Crippen molar-refractivity contribution in [2.45, 2.75) is 33.7 Å². The van der Waals surface area contributed by atoms with Crippen molar-refractivity contribution < 1.29 is 4.74 Å². The van der Waals surface area contributed by atoms with Gasteiger partial charge in [-0.15, -0.1) is 0 Å². The number of nitrogens with zero attached hydrogens (tertiary/aromatic N) is 2. The topological polar surface area (TPSA) is 37.4 Å². The molecule has 0 aliphatic rings. The molecule has 1 rings (SSSR count). The maximum absolute atomic E-state index is 6.24. The summed E-state index contributed by atoms with van der Waals surface area (Å²) in [5.41, 5.74) is 1.10. The lowest BCUT2D eigenvalue weighted by molar-refractivity contribution is 0.204. The standard InChI is InChI=1S/C16H28ClN3O/c1-5-6-18-10-14-9-16(19-11-15(14)17)20(7-8-21-4)12-13(2)3/h9,11,13,18H,5-8,10,12H2,1-4H3. The summed E-state index contributed by atoms with van der Waals surface area (Å²) in [6, 6.07) is 2.09. The Balaban J connectivity index is 2.83. The smallest absolute Gasteiger partial charge is 0.128 e. The van der Waals surface area contributed by atoms with E-state index in [1.807, 2.05) is 0 Å². The number of halogens is 1. The summed E-state index contributed by atoms with van der Waals surface area (Å²) in [6.45, 7) is 10.8. The molecule has 4 nitrogen and oxygen atoms in total. The highest BCUT2D eigenvalue weighted by Crippen LogP contribution is 2.21. The number of methoxy groups -OCH3 is 1.